The van der Waals surface area contributed by atoms with Crippen molar-refractivity contribution in [1.82, 2.24) is 0 Å². The van der Waals surface area contributed by atoms with Crippen LogP contribution >= 0.6 is 22.6 Å². The number of alkyl halides is 1. The van der Waals surface area contributed by atoms with Crippen LogP contribution in [-0.4, -0.2) is 24.0 Å². The summed E-state index contributed by atoms with van der Waals surface area (Å²) in [6.45, 7) is -0.00519. The maximum atomic E-state index is 9.73. The number of halogens is 1. The SMILES string of the molecule is O=S(=O)([O-])OCCCI.[Na+]. The van der Waals surface area contributed by atoms with Crippen LogP contribution in [0.25, 0.3) is 0 Å². The van der Waals surface area contributed by atoms with E-state index in [1.165, 1.54) is 0 Å². The fourth-order valence-electron chi connectivity index (χ4n) is 0.216. The van der Waals surface area contributed by atoms with Gasteiger partial charge in [-0.25, -0.2) is 8.42 Å². The second-order valence-electron chi connectivity index (χ2n) is 1.27. The van der Waals surface area contributed by atoms with Crippen LogP contribution in [0.3, 0.4) is 0 Å². The van der Waals surface area contributed by atoms with Gasteiger partial charge in [-0.2, -0.15) is 0 Å². The Hall–Kier alpha value is 1.60. The Morgan fingerprint density at radius 1 is 1.50 bits per heavy atom. The molecule has 0 amide bonds. The fourth-order valence-corrected chi connectivity index (χ4v) is 0.849. The van der Waals surface area contributed by atoms with E-state index in [1.807, 2.05) is 0 Å². The van der Waals surface area contributed by atoms with Gasteiger partial charge in [0.25, 0.3) is 0 Å². The van der Waals surface area contributed by atoms with Gasteiger partial charge in [-0.1, -0.05) is 22.6 Å². The van der Waals surface area contributed by atoms with Crippen LogP contribution in [0.5, 0.6) is 0 Å². The molecule has 10 heavy (non-hydrogen) atoms. The zero-order valence-corrected chi connectivity index (χ0v) is 10.5. The van der Waals surface area contributed by atoms with Gasteiger partial charge >= 0.3 is 29.6 Å². The molecule has 4 nitrogen and oxygen atoms in total. The second-order valence-corrected chi connectivity index (χ2v) is 3.40. The van der Waals surface area contributed by atoms with E-state index >= 15 is 0 Å². The van der Waals surface area contributed by atoms with Crippen molar-refractivity contribution in [2.45, 2.75) is 6.42 Å². The van der Waals surface area contributed by atoms with Crippen LogP contribution in [0.2, 0.25) is 0 Å². The summed E-state index contributed by atoms with van der Waals surface area (Å²) in [4.78, 5) is 0. The summed E-state index contributed by atoms with van der Waals surface area (Å²) in [5.74, 6) is 0. The van der Waals surface area contributed by atoms with Crippen molar-refractivity contribution in [2.24, 2.45) is 0 Å². The molecule has 0 N–H and O–H groups in total. The number of rotatable bonds is 4. The molecule has 0 unspecified atom stereocenters. The molecular weight excluding hydrogens is 282 g/mol. The first-order valence-electron chi connectivity index (χ1n) is 2.22. The minimum Gasteiger partial charge on any atom is -0.726 e. The first-order chi connectivity index (χ1) is 4.06. The Morgan fingerprint density at radius 3 is 2.30 bits per heavy atom. The zero-order chi connectivity index (χ0) is 7.33. The molecule has 0 fully saturated rings. The molecule has 0 aliphatic carbocycles. The van der Waals surface area contributed by atoms with Crippen LogP contribution in [-0.2, 0) is 14.6 Å². The van der Waals surface area contributed by atoms with Crippen molar-refractivity contribution in [1.29, 1.82) is 0 Å². The average Bonchev–Trinajstić information content (AvgIpc) is 1.63. The molecule has 0 radical (unpaired) electrons. The van der Waals surface area contributed by atoms with Crippen molar-refractivity contribution in [3.05, 3.63) is 0 Å². The van der Waals surface area contributed by atoms with E-state index in [1.54, 1.807) is 0 Å². The van der Waals surface area contributed by atoms with Gasteiger partial charge in [0, 0.05) is 4.43 Å². The monoisotopic (exact) mass is 288 g/mol. The molecule has 7 heteroatoms. The summed E-state index contributed by atoms with van der Waals surface area (Å²) in [6.07, 6.45) is 0.585. The van der Waals surface area contributed by atoms with Crippen molar-refractivity contribution < 1.29 is 46.7 Å². The summed E-state index contributed by atoms with van der Waals surface area (Å²) in [5, 5.41) is 0. The van der Waals surface area contributed by atoms with Gasteiger partial charge < -0.3 is 4.55 Å². The molecule has 0 aromatic rings. The van der Waals surface area contributed by atoms with Gasteiger partial charge in [0.15, 0.2) is 0 Å². The predicted molar refractivity (Wildman–Crippen MR) is 39.2 cm³/mol. The largest absolute Gasteiger partial charge is 1.00 e. The minimum atomic E-state index is -4.45. The Kier molecular flexibility index (Phi) is 10.3. The predicted octanol–water partition coefficient (Wildman–Crippen LogP) is -2.71. The van der Waals surface area contributed by atoms with Crippen molar-refractivity contribution in [3.63, 3.8) is 0 Å². The first kappa shape index (κ1) is 14.1. The third-order valence-corrected chi connectivity index (χ3v) is 1.72. The standard InChI is InChI=1S/C3H7IO4S.Na/c4-2-1-3-8-9(5,6)7;/h1-3H2,(H,5,6,7);/q;+1/p-1. The van der Waals surface area contributed by atoms with Crippen molar-refractivity contribution >= 4 is 33.0 Å². The second kappa shape index (κ2) is 7.26. The quantitative estimate of drug-likeness (QED) is 0.141. The van der Waals surface area contributed by atoms with Crippen LogP contribution in [0.1, 0.15) is 6.42 Å². The van der Waals surface area contributed by atoms with Gasteiger partial charge in [0.2, 0.25) is 10.4 Å². The topological polar surface area (TPSA) is 66.4 Å². The van der Waals surface area contributed by atoms with E-state index in [0.717, 1.165) is 4.43 Å². The van der Waals surface area contributed by atoms with Crippen molar-refractivity contribution in [3.8, 4) is 0 Å². The van der Waals surface area contributed by atoms with Gasteiger partial charge in [0.05, 0.1) is 6.61 Å². The summed E-state index contributed by atoms with van der Waals surface area (Å²) in [6, 6.07) is 0. The maximum Gasteiger partial charge on any atom is 1.00 e. The summed E-state index contributed by atoms with van der Waals surface area (Å²) in [7, 11) is -4.45. The molecular formula is C3H6INaO4S. The zero-order valence-electron chi connectivity index (χ0n) is 5.54. The summed E-state index contributed by atoms with van der Waals surface area (Å²) >= 11 is 2.06. The molecule has 0 saturated carbocycles. The molecule has 0 aromatic heterocycles. The van der Waals surface area contributed by atoms with Crippen molar-refractivity contribution in [2.75, 3.05) is 11.0 Å². The number of hydrogen-bond donors (Lipinski definition) is 0. The Morgan fingerprint density at radius 2 is 2.00 bits per heavy atom. The molecule has 0 rings (SSSR count). The Labute approximate surface area is 96.1 Å². The summed E-state index contributed by atoms with van der Waals surface area (Å²) < 4.78 is 33.8. The molecule has 0 aliphatic heterocycles. The summed E-state index contributed by atoms with van der Waals surface area (Å²) in [5.41, 5.74) is 0. The van der Waals surface area contributed by atoms with E-state index < -0.39 is 10.4 Å². The molecule has 0 atom stereocenters. The molecule has 0 saturated heterocycles. The van der Waals surface area contributed by atoms with E-state index in [9.17, 15) is 13.0 Å². The van der Waals surface area contributed by atoms with E-state index in [-0.39, 0.29) is 36.2 Å². The third kappa shape index (κ3) is 12.3. The molecule has 0 heterocycles. The van der Waals surface area contributed by atoms with Crippen LogP contribution in [0.4, 0.5) is 0 Å². The van der Waals surface area contributed by atoms with Gasteiger partial charge in [-0.05, 0) is 6.42 Å². The smallest absolute Gasteiger partial charge is 0.726 e. The molecule has 0 aromatic carbocycles. The third-order valence-electron chi connectivity index (χ3n) is 0.506. The van der Waals surface area contributed by atoms with Crippen LogP contribution < -0.4 is 29.6 Å². The number of hydrogen-bond acceptors (Lipinski definition) is 4. The molecule has 0 spiro atoms. The molecule has 56 valence electrons. The van der Waals surface area contributed by atoms with Gasteiger partial charge in [0.1, 0.15) is 0 Å². The van der Waals surface area contributed by atoms with Gasteiger partial charge in [-0.3, -0.25) is 4.18 Å². The van der Waals surface area contributed by atoms with Gasteiger partial charge in [-0.15, -0.1) is 0 Å². The van der Waals surface area contributed by atoms with E-state index in [4.69, 9.17) is 0 Å². The normalized spacial score (nSPS) is 10.6. The molecule has 0 bridgehead atoms. The average molecular weight is 288 g/mol. The van der Waals surface area contributed by atoms with Crippen LogP contribution in [0.15, 0.2) is 0 Å². The fraction of sp³-hybridized carbons (Fsp3) is 1.00. The Balaban J connectivity index is 0. The Bertz CT molecular complexity index is 156. The van der Waals surface area contributed by atoms with E-state index in [0.29, 0.717) is 6.42 Å². The maximum absolute atomic E-state index is 9.73. The van der Waals surface area contributed by atoms with E-state index in [2.05, 4.69) is 26.8 Å². The molecule has 0 aliphatic rings. The first-order valence-corrected chi connectivity index (χ1v) is 5.08. The van der Waals surface area contributed by atoms with Crippen LogP contribution in [0, 0.1) is 0 Å². The minimum absolute atomic E-state index is 0.